The Labute approximate surface area is 106 Å². The number of hydrogen-bond acceptors (Lipinski definition) is 3. The summed E-state index contributed by atoms with van der Waals surface area (Å²) in [7, 11) is 0. The van der Waals surface area contributed by atoms with Gasteiger partial charge in [0.1, 0.15) is 0 Å². The smallest absolute Gasteiger partial charge is 0.0672 e. The van der Waals surface area contributed by atoms with Gasteiger partial charge in [-0.1, -0.05) is 13.8 Å². The summed E-state index contributed by atoms with van der Waals surface area (Å²) in [6, 6.07) is 0. The molecule has 0 aromatic carbocycles. The van der Waals surface area contributed by atoms with E-state index in [9.17, 15) is 10.3 Å². The SMILES string of the molecule is CCC(O)(CC)C1CC(C)(C)N(O)C(C)(C)C1. The Kier molecular flexibility index (Phi) is 3.98. The fraction of sp³-hybridized carbons (Fsp3) is 1.00. The minimum atomic E-state index is -0.587. The first-order chi connectivity index (χ1) is 7.59. The molecule has 3 heteroatoms. The number of nitrogens with zero attached hydrogens (tertiary/aromatic N) is 1. The highest BCUT2D eigenvalue weighted by atomic mass is 16.5. The van der Waals surface area contributed by atoms with E-state index in [0.717, 1.165) is 25.7 Å². The Morgan fingerprint density at radius 1 is 1.06 bits per heavy atom. The third-order valence-electron chi connectivity index (χ3n) is 4.62. The minimum absolute atomic E-state index is 0.255. The average Bonchev–Trinajstić information content (AvgIpc) is 2.23. The Hall–Kier alpha value is -0.120. The summed E-state index contributed by atoms with van der Waals surface area (Å²) in [5, 5.41) is 22.4. The third kappa shape index (κ3) is 2.67. The van der Waals surface area contributed by atoms with Gasteiger partial charge in [0.15, 0.2) is 0 Å². The van der Waals surface area contributed by atoms with Crippen LogP contribution in [0.2, 0.25) is 0 Å². The van der Waals surface area contributed by atoms with Crippen molar-refractivity contribution >= 4 is 0 Å². The van der Waals surface area contributed by atoms with E-state index in [1.54, 1.807) is 0 Å². The predicted octanol–water partition coefficient (Wildman–Crippen LogP) is 3.20. The minimum Gasteiger partial charge on any atom is -0.390 e. The molecule has 17 heavy (non-hydrogen) atoms. The Balaban J connectivity index is 2.99. The Morgan fingerprint density at radius 2 is 1.41 bits per heavy atom. The van der Waals surface area contributed by atoms with Crippen molar-refractivity contribution in [2.45, 2.75) is 83.9 Å². The molecule has 1 saturated heterocycles. The van der Waals surface area contributed by atoms with Crippen LogP contribution in [0.1, 0.15) is 67.2 Å². The fourth-order valence-electron chi connectivity index (χ4n) is 3.48. The van der Waals surface area contributed by atoms with Crippen molar-refractivity contribution in [1.29, 1.82) is 0 Å². The van der Waals surface area contributed by atoms with Gasteiger partial charge < -0.3 is 10.3 Å². The lowest BCUT2D eigenvalue weighted by atomic mass is 9.67. The molecule has 2 N–H and O–H groups in total. The molecule has 0 unspecified atom stereocenters. The second-order valence-corrected chi connectivity index (χ2v) is 6.85. The van der Waals surface area contributed by atoms with Crippen LogP contribution in [0.5, 0.6) is 0 Å². The number of piperidine rings is 1. The van der Waals surface area contributed by atoms with E-state index >= 15 is 0 Å². The molecular weight excluding hydrogens is 214 g/mol. The molecule has 0 saturated carbocycles. The van der Waals surface area contributed by atoms with E-state index in [0.29, 0.717) is 0 Å². The van der Waals surface area contributed by atoms with Crippen LogP contribution in [-0.4, -0.2) is 32.1 Å². The summed E-state index contributed by atoms with van der Waals surface area (Å²) in [5.74, 6) is 0.255. The van der Waals surface area contributed by atoms with E-state index < -0.39 is 5.60 Å². The normalized spacial score (nSPS) is 26.1. The summed E-state index contributed by atoms with van der Waals surface area (Å²) in [5.41, 5.74) is -1.13. The summed E-state index contributed by atoms with van der Waals surface area (Å²) >= 11 is 0. The molecule has 1 fully saturated rings. The van der Waals surface area contributed by atoms with Crippen LogP contribution in [0, 0.1) is 5.92 Å². The van der Waals surface area contributed by atoms with Gasteiger partial charge in [-0.2, -0.15) is 5.06 Å². The molecule has 1 aliphatic rings. The number of rotatable bonds is 3. The molecule has 102 valence electrons. The number of hydroxylamine groups is 2. The Morgan fingerprint density at radius 3 is 1.71 bits per heavy atom. The lowest BCUT2D eigenvalue weighted by molar-refractivity contribution is -0.263. The van der Waals surface area contributed by atoms with Crippen molar-refractivity contribution in [3.05, 3.63) is 0 Å². The summed E-state index contributed by atoms with van der Waals surface area (Å²) < 4.78 is 0. The predicted molar refractivity (Wildman–Crippen MR) is 70.0 cm³/mol. The van der Waals surface area contributed by atoms with Crippen molar-refractivity contribution < 1.29 is 10.3 Å². The second-order valence-electron chi connectivity index (χ2n) is 6.85. The van der Waals surface area contributed by atoms with Gasteiger partial charge in [-0.15, -0.1) is 0 Å². The third-order valence-corrected chi connectivity index (χ3v) is 4.62. The van der Waals surface area contributed by atoms with E-state index in [2.05, 4.69) is 13.8 Å². The first-order valence-corrected chi connectivity index (χ1v) is 6.80. The molecule has 0 aromatic rings. The van der Waals surface area contributed by atoms with Crippen molar-refractivity contribution in [2.24, 2.45) is 5.92 Å². The van der Waals surface area contributed by atoms with Gasteiger partial charge in [0.05, 0.1) is 5.60 Å². The maximum Gasteiger partial charge on any atom is 0.0672 e. The van der Waals surface area contributed by atoms with Crippen molar-refractivity contribution in [2.75, 3.05) is 0 Å². The second kappa shape index (κ2) is 4.52. The van der Waals surface area contributed by atoms with Gasteiger partial charge in [-0.05, 0) is 59.3 Å². The fourth-order valence-corrected chi connectivity index (χ4v) is 3.48. The van der Waals surface area contributed by atoms with Gasteiger partial charge in [-0.3, -0.25) is 0 Å². The molecule has 3 nitrogen and oxygen atoms in total. The van der Waals surface area contributed by atoms with Gasteiger partial charge in [0, 0.05) is 11.1 Å². The number of aliphatic hydroxyl groups is 1. The van der Waals surface area contributed by atoms with E-state index in [-0.39, 0.29) is 17.0 Å². The largest absolute Gasteiger partial charge is 0.390 e. The van der Waals surface area contributed by atoms with E-state index in [1.807, 2.05) is 27.7 Å². The molecule has 0 bridgehead atoms. The molecule has 1 heterocycles. The number of hydrogen-bond donors (Lipinski definition) is 2. The molecule has 0 aliphatic carbocycles. The van der Waals surface area contributed by atoms with Gasteiger partial charge in [0.2, 0.25) is 0 Å². The summed E-state index contributed by atoms with van der Waals surface area (Å²) in [6.07, 6.45) is 3.24. The van der Waals surface area contributed by atoms with Gasteiger partial charge >= 0.3 is 0 Å². The lowest BCUT2D eigenvalue weighted by Crippen LogP contribution is -2.62. The van der Waals surface area contributed by atoms with Crippen LogP contribution in [0.15, 0.2) is 0 Å². The van der Waals surface area contributed by atoms with E-state index in [4.69, 9.17) is 0 Å². The highest BCUT2D eigenvalue weighted by molar-refractivity contribution is 5.01. The zero-order valence-electron chi connectivity index (χ0n) is 12.2. The van der Waals surface area contributed by atoms with Crippen LogP contribution >= 0.6 is 0 Å². The molecule has 0 spiro atoms. The summed E-state index contributed by atoms with van der Waals surface area (Å²) in [6.45, 7) is 12.3. The zero-order chi connectivity index (χ0) is 13.5. The van der Waals surface area contributed by atoms with Gasteiger partial charge in [0.25, 0.3) is 0 Å². The van der Waals surface area contributed by atoms with Crippen molar-refractivity contribution in [3.63, 3.8) is 0 Å². The van der Waals surface area contributed by atoms with Crippen molar-refractivity contribution in [1.82, 2.24) is 5.06 Å². The Bertz CT molecular complexity index is 251. The standard InChI is InChI=1S/C14H29NO2/c1-7-14(16,8-2)11-9-12(3,4)15(17)13(5,6)10-11/h11,16-17H,7-10H2,1-6H3. The molecule has 1 aliphatic heterocycles. The van der Waals surface area contributed by atoms with E-state index in [1.165, 1.54) is 5.06 Å². The van der Waals surface area contributed by atoms with Crippen LogP contribution < -0.4 is 0 Å². The molecule has 1 rings (SSSR count). The molecule has 0 amide bonds. The topological polar surface area (TPSA) is 43.7 Å². The maximum absolute atomic E-state index is 10.7. The van der Waals surface area contributed by atoms with Crippen LogP contribution in [0.25, 0.3) is 0 Å². The summed E-state index contributed by atoms with van der Waals surface area (Å²) in [4.78, 5) is 0. The van der Waals surface area contributed by atoms with Crippen LogP contribution in [0.4, 0.5) is 0 Å². The monoisotopic (exact) mass is 243 g/mol. The van der Waals surface area contributed by atoms with Crippen LogP contribution in [-0.2, 0) is 0 Å². The lowest BCUT2D eigenvalue weighted by Gasteiger charge is -2.54. The average molecular weight is 243 g/mol. The van der Waals surface area contributed by atoms with Crippen LogP contribution in [0.3, 0.4) is 0 Å². The first-order valence-electron chi connectivity index (χ1n) is 6.80. The zero-order valence-corrected chi connectivity index (χ0v) is 12.2. The first kappa shape index (κ1) is 14.9. The molecule has 0 aromatic heterocycles. The highest BCUT2D eigenvalue weighted by Gasteiger charge is 2.50. The van der Waals surface area contributed by atoms with Gasteiger partial charge in [-0.25, -0.2) is 0 Å². The quantitative estimate of drug-likeness (QED) is 0.800. The maximum atomic E-state index is 10.7. The molecule has 0 atom stereocenters. The molecule has 0 radical (unpaired) electrons. The molecular formula is C14H29NO2. The van der Waals surface area contributed by atoms with Crippen molar-refractivity contribution in [3.8, 4) is 0 Å². The highest BCUT2D eigenvalue weighted by Crippen LogP contribution is 2.45.